The van der Waals surface area contributed by atoms with E-state index in [-0.39, 0.29) is 23.6 Å². The summed E-state index contributed by atoms with van der Waals surface area (Å²) in [5.74, 6) is -1.01. The zero-order chi connectivity index (χ0) is 22.7. The number of carbonyl (C=O) groups excluding carboxylic acids is 2. The van der Waals surface area contributed by atoms with Crippen molar-refractivity contribution in [1.29, 1.82) is 0 Å². The molecule has 0 aromatic carbocycles. The van der Waals surface area contributed by atoms with Crippen LogP contribution in [0.4, 0.5) is 5.69 Å². The third-order valence-corrected chi connectivity index (χ3v) is 5.46. The molecule has 1 rings (SSSR count). The normalized spacial score (nSPS) is 10.7. The first kappa shape index (κ1) is 26.7. The summed E-state index contributed by atoms with van der Waals surface area (Å²) in [5, 5.41) is 13.0. The number of hydrogen-bond donors (Lipinski definition) is 1. The van der Waals surface area contributed by atoms with Crippen LogP contribution in [-0.4, -0.2) is 21.7 Å². The van der Waals surface area contributed by atoms with Crippen LogP contribution in [0.2, 0.25) is 0 Å². The molecular weight excluding hydrogens is 394 g/mol. The van der Waals surface area contributed by atoms with Crippen LogP contribution in [0.5, 0.6) is 0 Å². The number of hydrogen-bond acceptors (Lipinski definition) is 5. The molecule has 0 radical (unpaired) electrons. The molecule has 7 nitrogen and oxygen atoms in total. The molecule has 1 aromatic rings. The maximum absolute atomic E-state index is 12.0. The molecule has 1 aromatic heterocycles. The maximum atomic E-state index is 12.0. The third-order valence-electron chi connectivity index (χ3n) is 5.46. The van der Waals surface area contributed by atoms with Gasteiger partial charge in [-0.3, -0.25) is 30.0 Å². The summed E-state index contributed by atoms with van der Waals surface area (Å²) < 4.78 is 0. The number of pyridine rings is 1. The van der Waals surface area contributed by atoms with Crippen molar-refractivity contribution in [1.82, 2.24) is 10.3 Å². The summed E-state index contributed by atoms with van der Waals surface area (Å²) in [4.78, 5) is 37.7. The van der Waals surface area contributed by atoms with Gasteiger partial charge >= 0.3 is 0 Å². The summed E-state index contributed by atoms with van der Waals surface area (Å²) >= 11 is 0. The van der Waals surface area contributed by atoms with Crippen LogP contribution >= 0.6 is 0 Å². The molecule has 31 heavy (non-hydrogen) atoms. The van der Waals surface area contributed by atoms with E-state index in [4.69, 9.17) is 0 Å². The standard InChI is InChI=1S/C24H39N3O4/c1-2-3-4-5-6-7-8-9-10-11-12-13-14-15-16-17-23(28)26-24(29)21-18-22(27(30)31)20-25-19-21/h18-20H,2-17H2,1H3,(H,26,28,29). The summed E-state index contributed by atoms with van der Waals surface area (Å²) in [6.45, 7) is 2.25. The van der Waals surface area contributed by atoms with Gasteiger partial charge in [-0.05, 0) is 6.42 Å². The lowest BCUT2D eigenvalue weighted by molar-refractivity contribution is -0.385. The number of unbranched alkanes of at least 4 members (excludes halogenated alkanes) is 14. The monoisotopic (exact) mass is 433 g/mol. The number of carbonyl (C=O) groups is 2. The first-order valence-electron chi connectivity index (χ1n) is 12.0. The van der Waals surface area contributed by atoms with Gasteiger partial charge in [0.15, 0.2) is 0 Å². The first-order valence-corrected chi connectivity index (χ1v) is 12.0. The molecule has 7 heteroatoms. The Labute approximate surface area is 186 Å². The number of nitro groups is 1. The molecule has 0 aliphatic heterocycles. The number of amides is 2. The average Bonchev–Trinajstić information content (AvgIpc) is 2.76. The smallest absolute Gasteiger partial charge is 0.288 e. The van der Waals surface area contributed by atoms with Crippen LogP contribution in [0.1, 0.15) is 120 Å². The van der Waals surface area contributed by atoms with Crippen LogP contribution in [0.3, 0.4) is 0 Å². The minimum atomic E-state index is -0.651. The summed E-state index contributed by atoms with van der Waals surface area (Å²) in [5.41, 5.74) is -0.262. The van der Waals surface area contributed by atoms with Crippen LogP contribution in [0.15, 0.2) is 18.5 Å². The fourth-order valence-electron chi connectivity index (χ4n) is 3.57. The van der Waals surface area contributed by atoms with Crippen molar-refractivity contribution in [2.75, 3.05) is 0 Å². The van der Waals surface area contributed by atoms with Gasteiger partial charge in [-0.25, -0.2) is 0 Å². The van der Waals surface area contributed by atoms with Crippen LogP contribution in [0.25, 0.3) is 0 Å². The molecule has 0 saturated heterocycles. The molecule has 2 amide bonds. The predicted octanol–water partition coefficient (Wildman–Crippen LogP) is 6.51. The Morgan fingerprint density at radius 3 is 1.81 bits per heavy atom. The van der Waals surface area contributed by atoms with Gasteiger partial charge in [0.2, 0.25) is 5.91 Å². The Morgan fingerprint density at radius 2 is 1.32 bits per heavy atom. The fraction of sp³-hybridized carbons (Fsp3) is 0.708. The molecule has 174 valence electrons. The second-order valence-corrected chi connectivity index (χ2v) is 8.27. The third kappa shape index (κ3) is 13.6. The van der Waals surface area contributed by atoms with Gasteiger partial charge in [0.05, 0.1) is 10.5 Å². The van der Waals surface area contributed by atoms with Crippen LogP contribution in [-0.2, 0) is 4.79 Å². The van der Waals surface area contributed by atoms with E-state index in [9.17, 15) is 19.7 Å². The molecule has 1 N–H and O–H groups in total. The highest BCUT2D eigenvalue weighted by atomic mass is 16.6. The SMILES string of the molecule is CCCCCCCCCCCCCCCCCC(=O)NC(=O)c1cncc([N+](=O)[O-])c1. The number of nitrogens with one attached hydrogen (secondary N) is 1. The maximum Gasteiger partial charge on any atom is 0.288 e. The summed E-state index contributed by atoms with van der Waals surface area (Å²) in [7, 11) is 0. The van der Waals surface area contributed by atoms with E-state index in [1.165, 1.54) is 83.2 Å². The Bertz CT molecular complexity index is 664. The van der Waals surface area contributed by atoms with E-state index >= 15 is 0 Å². The van der Waals surface area contributed by atoms with Crippen LogP contribution in [0, 0.1) is 10.1 Å². The Morgan fingerprint density at radius 1 is 0.839 bits per heavy atom. The topological polar surface area (TPSA) is 102 Å². The van der Waals surface area contributed by atoms with Crippen molar-refractivity contribution in [3.8, 4) is 0 Å². The molecule has 0 unspecified atom stereocenters. The molecule has 0 saturated carbocycles. The van der Waals surface area contributed by atoms with E-state index in [1.807, 2.05) is 0 Å². The van der Waals surface area contributed by atoms with E-state index < -0.39 is 10.8 Å². The average molecular weight is 434 g/mol. The molecule has 0 aliphatic rings. The number of rotatable bonds is 18. The Hall–Kier alpha value is -2.31. The number of imide groups is 1. The van der Waals surface area contributed by atoms with E-state index in [2.05, 4.69) is 17.2 Å². The second-order valence-electron chi connectivity index (χ2n) is 8.27. The van der Waals surface area contributed by atoms with Gasteiger partial charge in [-0.2, -0.15) is 0 Å². The zero-order valence-corrected chi connectivity index (χ0v) is 19.1. The molecule has 0 spiro atoms. The largest absolute Gasteiger partial charge is 0.292 e. The number of aromatic nitrogens is 1. The molecule has 0 aliphatic carbocycles. The van der Waals surface area contributed by atoms with Crippen molar-refractivity contribution in [2.24, 2.45) is 0 Å². The summed E-state index contributed by atoms with van der Waals surface area (Å²) in [6, 6.07) is 1.11. The van der Waals surface area contributed by atoms with E-state index in [0.29, 0.717) is 0 Å². The minimum absolute atomic E-state index is 0.0130. The van der Waals surface area contributed by atoms with E-state index in [0.717, 1.165) is 31.5 Å². The van der Waals surface area contributed by atoms with Crippen molar-refractivity contribution in [2.45, 2.75) is 110 Å². The first-order chi connectivity index (χ1) is 15.0. The molecular formula is C24H39N3O4. The van der Waals surface area contributed by atoms with Crippen molar-refractivity contribution in [3.63, 3.8) is 0 Å². The van der Waals surface area contributed by atoms with Crippen molar-refractivity contribution in [3.05, 3.63) is 34.1 Å². The number of nitrogens with zero attached hydrogens (tertiary/aromatic N) is 2. The van der Waals surface area contributed by atoms with Crippen molar-refractivity contribution >= 4 is 17.5 Å². The van der Waals surface area contributed by atoms with Crippen LogP contribution < -0.4 is 5.32 Å². The molecule has 0 atom stereocenters. The highest BCUT2D eigenvalue weighted by molar-refractivity contribution is 6.04. The molecule has 1 heterocycles. The lowest BCUT2D eigenvalue weighted by atomic mass is 10.0. The minimum Gasteiger partial charge on any atom is -0.292 e. The van der Waals surface area contributed by atoms with Gasteiger partial charge in [0, 0.05) is 18.7 Å². The lowest BCUT2D eigenvalue weighted by Crippen LogP contribution is -2.30. The van der Waals surface area contributed by atoms with Gasteiger partial charge in [-0.15, -0.1) is 0 Å². The summed E-state index contributed by atoms with van der Waals surface area (Å²) in [6.07, 6.45) is 21.4. The van der Waals surface area contributed by atoms with Gasteiger partial charge in [0.1, 0.15) is 6.20 Å². The van der Waals surface area contributed by atoms with Gasteiger partial charge < -0.3 is 0 Å². The van der Waals surface area contributed by atoms with E-state index in [1.54, 1.807) is 0 Å². The van der Waals surface area contributed by atoms with Gasteiger partial charge in [-0.1, -0.05) is 96.8 Å². The highest BCUT2D eigenvalue weighted by Crippen LogP contribution is 2.14. The van der Waals surface area contributed by atoms with Gasteiger partial charge in [0.25, 0.3) is 11.6 Å². The Balaban J connectivity index is 1.96. The quantitative estimate of drug-likeness (QED) is 0.161. The molecule has 0 fully saturated rings. The predicted molar refractivity (Wildman–Crippen MR) is 123 cm³/mol. The lowest BCUT2D eigenvalue weighted by Gasteiger charge is -2.05. The van der Waals surface area contributed by atoms with Crippen molar-refractivity contribution < 1.29 is 14.5 Å². The second kappa shape index (κ2) is 17.4. The molecule has 0 bridgehead atoms. The highest BCUT2D eigenvalue weighted by Gasteiger charge is 2.14. The fourth-order valence-corrected chi connectivity index (χ4v) is 3.57. The Kier molecular flexibility index (Phi) is 15.0. The zero-order valence-electron chi connectivity index (χ0n) is 19.1.